The van der Waals surface area contributed by atoms with E-state index in [9.17, 15) is 4.39 Å². The van der Waals surface area contributed by atoms with Crippen LogP contribution in [-0.4, -0.2) is 19.5 Å². The molecule has 0 radical (unpaired) electrons. The maximum atomic E-state index is 13.0. The molecule has 2 aromatic carbocycles. The van der Waals surface area contributed by atoms with Gasteiger partial charge in [-0.15, -0.1) is 0 Å². The maximum Gasteiger partial charge on any atom is 0.167 e. The molecule has 4 rings (SSSR count). The minimum Gasteiger partial charge on any atom is -0.393 e. The number of anilines is 2. The molecule has 0 unspecified atom stereocenters. The molecular weight excluding hydrogens is 319 g/mol. The fraction of sp³-hybridized carbons (Fsp3) is 0.0556. The van der Waals surface area contributed by atoms with Gasteiger partial charge in [-0.25, -0.2) is 19.3 Å². The van der Waals surface area contributed by atoms with Crippen molar-refractivity contribution in [3.8, 4) is 5.82 Å². The van der Waals surface area contributed by atoms with E-state index in [1.807, 2.05) is 28.8 Å². The number of nitrogens with two attached hydrogens (primary N) is 1. The first kappa shape index (κ1) is 15.1. The SMILES string of the molecule is Nc1c(NCc2ccc(F)cc2)ncnc1-n1cnc2ccccc21. The number of nitrogens with one attached hydrogen (secondary N) is 1. The van der Waals surface area contributed by atoms with Gasteiger partial charge in [0.25, 0.3) is 0 Å². The predicted octanol–water partition coefficient (Wildman–Crippen LogP) is 3.15. The van der Waals surface area contributed by atoms with Gasteiger partial charge in [-0.3, -0.25) is 4.57 Å². The molecule has 0 saturated carbocycles. The second-order valence-corrected chi connectivity index (χ2v) is 5.54. The molecule has 7 heteroatoms. The van der Waals surface area contributed by atoms with Crippen molar-refractivity contribution in [3.63, 3.8) is 0 Å². The standard InChI is InChI=1S/C18H15FN6/c19-13-7-5-12(6-8-13)9-21-17-16(20)18(23-10-22-17)25-11-24-14-3-1-2-4-15(14)25/h1-8,10-11H,9,20H2,(H,21,22,23). The maximum absolute atomic E-state index is 13.0. The van der Waals surface area contributed by atoms with Crippen LogP contribution in [0.4, 0.5) is 15.9 Å². The molecular formula is C18H15FN6. The zero-order valence-electron chi connectivity index (χ0n) is 13.2. The van der Waals surface area contributed by atoms with E-state index in [2.05, 4.69) is 20.3 Å². The summed E-state index contributed by atoms with van der Waals surface area (Å²) in [6.07, 6.45) is 3.14. The summed E-state index contributed by atoms with van der Waals surface area (Å²) in [6.45, 7) is 0.478. The second kappa shape index (κ2) is 6.20. The monoisotopic (exact) mass is 334 g/mol. The van der Waals surface area contributed by atoms with Gasteiger partial charge in [-0.05, 0) is 29.8 Å². The number of nitrogens with zero attached hydrogens (tertiary/aromatic N) is 4. The fourth-order valence-corrected chi connectivity index (χ4v) is 2.64. The Hall–Kier alpha value is -3.48. The third kappa shape index (κ3) is 2.87. The van der Waals surface area contributed by atoms with Crippen LogP contribution in [0.25, 0.3) is 16.9 Å². The van der Waals surface area contributed by atoms with E-state index < -0.39 is 0 Å². The number of para-hydroxylation sites is 2. The minimum absolute atomic E-state index is 0.264. The molecule has 4 aromatic rings. The molecule has 0 aliphatic heterocycles. The average Bonchev–Trinajstić information content (AvgIpc) is 3.06. The summed E-state index contributed by atoms with van der Waals surface area (Å²) in [5.41, 5.74) is 9.38. The van der Waals surface area contributed by atoms with E-state index in [-0.39, 0.29) is 5.82 Å². The molecule has 0 fully saturated rings. The van der Waals surface area contributed by atoms with Gasteiger partial charge in [-0.1, -0.05) is 24.3 Å². The van der Waals surface area contributed by atoms with E-state index in [0.29, 0.717) is 23.9 Å². The van der Waals surface area contributed by atoms with Crippen molar-refractivity contribution >= 4 is 22.5 Å². The molecule has 2 heterocycles. The van der Waals surface area contributed by atoms with E-state index in [1.54, 1.807) is 18.5 Å². The summed E-state index contributed by atoms with van der Waals surface area (Å²) in [5.74, 6) is 0.817. The quantitative estimate of drug-likeness (QED) is 0.599. The van der Waals surface area contributed by atoms with Gasteiger partial charge in [0.05, 0.1) is 11.0 Å². The molecule has 0 bridgehead atoms. The zero-order chi connectivity index (χ0) is 17.2. The van der Waals surface area contributed by atoms with Gasteiger partial charge in [0.1, 0.15) is 24.2 Å². The van der Waals surface area contributed by atoms with Crippen LogP contribution < -0.4 is 11.1 Å². The molecule has 0 amide bonds. The Bertz CT molecular complexity index is 1030. The number of aromatic nitrogens is 4. The summed E-state index contributed by atoms with van der Waals surface area (Å²) in [4.78, 5) is 12.9. The lowest BCUT2D eigenvalue weighted by Crippen LogP contribution is -2.09. The van der Waals surface area contributed by atoms with Gasteiger partial charge >= 0.3 is 0 Å². The van der Waals surface area contributed by atoms with Crippen molar-refractivity contribution in [1.82, 2.24) is 19.5 Å². The summed E-state index contributed by atoms with van der Waals surface area (Å²) >= 11 is 0. The van der Waals surface area contributed by atoms with Gasteiger partial charge < -0.3 is 11.1 Å². The lowest BCUT2D eigenvalue weighted by Gasteiger charge is -2.12. The lowest BCUT2D eigenvalue weighted by atomic mass is 10.2. The second-order valence-electron chi connectivity index (χ2n) is 5.54. The van der Waals surface area contributed by atoms with Crippen LogP contribution in [0.1, 0.15) is 5.56 Å². The van der Waals surface area contributed by atoms with Crippen molar-refractivity contribution in [2.24, 2.45) is 0 Å². The topological polar surface area (TPSA) is 81.6 Å². The number of imidazole rings is 1. The zero-order valence-corrected chi connectivity index (χ0v) is 13.2. The molecule has 25 heavy (non-hydrogen) atoms. The normalized spacial score (nSPS) is 10.9. The fourth-order valence-electron chi connectivity index (χ4n) is 2.64. The molecule has 6 nitrogen and oxygen atoms in total. The number of hydrogen-bond donors (Lipinski definition) is 2. The van der Waals surface area contributed by atoms with Gasteiger partial charge in [0.15, 0.2) is 11.6 Å². The molecule has 0 spiro atoms. The van der Waals surface area contributed by atoms with Crippen LogP contribution in [-0.2, 0) is 6.54 Å². The predicted molar refractivity (Wildman–Crippen MR) is 94.8 cm³/mol. The van der Waals surface area contributed by atoms with Gasteiger partial charge in [-0.2, -0.15) is 0 Å². The van der Waals surface area contributed by atoms with E-state index >= 15 is 0 Å². The summed E-state index contributed by atoms with van der Waals surface area (Å²) in [6, 6.07) is 14.0. The molecule has 0 aliphatic carbocycles. The smallest absolute Gasteiger partial charge is 0.167 e. The third-order valence-corrected chi connectivity index (χ3v) is 3.92. The average molecular weight is 334 g/mol. The van der Waals surface area contributed by atoms with Gasteiger partial charge in [0, 0.05) is 6.54 Å². The minimum atomic E-state index is -0.264. The molecule has 124 valence electrons. The van der Waals surface area contributed by atoms with Crippen molar-refractivity contribution in [3.05, 3.63) is 72.6 Å². The first-order chi connectivity index (χ1) is 12.2. The molecule has 3 N–H and O–H groups in total. The number of nitrogen functional groups attached to an aromatic ring is 1. The largest absolute Gasteiger partial charge is 0.393 e. The van der Waals surface area contributed by atoms with Crippen LogP contribution >= 0.6 is 0 Å². The summed E-state index contributed by atoms with van der Waals surface area (Å²) in [7, 11) is 0. The van der Waals surface area contributed by atoms with Crippen LogP contribution in [0.5, 0.6) is 0 Å². The number of fused-ring (bicyclic) bond motifs is 1. The molecule has 0 aliphatic rings. The highest BCUT2D eigenvalue weighted by atomic mass is 19.1. The van der Waals surface area contributed by atoms with Crippen LogP contribution in [0.15, 0.2) is 61.2 Å². The first-order valence-corrected chi connectivity index (χ1v) is 7.73. The Morgan fingerprint density at radius 3 is 2.64 bits per heavy atom. The van der Waals surface area contributed by atoms with E-state index in [0.717, 1.165) is 16.6 Å². The third-order valence-electron chi connectivity index (χ3n) is 3.92. The molecule has 2 aromatic heterocycles. The Labute approximate surface area is 143 Å². The Balaban J connectivity index is 1.65. The van der Waals surface area contributed by atoms with Crippen LogP contribution in [0.2, 0.25) is 0 Å². The Kier molecular flexibility index (Phi) is 3.74. The highest BCUT2D eigenvalue weighted by Crippen LogP contribution is 2.25. The summed E-state index contributed by atoms with van der Waals surface area (Å²) in [5, 5.41) is 3.17. The number of halogens is 1. The number of hydrogen-bond acceptors (Lipinski definition) is 5. The van der Waals surface area contributed by atoms with Crippen molar-refractivity contribution in [2.75, 3.05) is 11.1 Å². The highest BCUT2D eigenvalue weighted by Gasteiger charge is 2.12. The molecule has 0 saturated heterocycles. The number of benzene rings is 2. The Morgan fingerprint density at radius 1 is 1.00 bits per heavy atom. The van der Waals surface area contributed by atoms with E-state index in [4.69, 9.17) is 5.73 Å². The van der Waals surface area contributed by atoms with Gasteiger partial charge in [0.2, 0.25) is 0 Å². The van der Waals surface area contributed by atoms with Crippen LogP contribution in [0.3, 0.4) is 0 Å². The van der Waals surface area contributed by atoms with Crippen molar-refractivity contribution in [2.45, 2.75) is 6.54 Å². The van der Waals surface area contributed by atoms with Crippen molar-refractivity contribution < 1.29 is 4.39 Å². The summed E-state index contributed by atoms with van der Waals surface area (Å²) < 4.78 is 14.8. The molecule has 0 atom stereocenters. The van der Waals surface area contributed by atoms with E-state index in [1.165, 1.54) is 18.5 Å². The Morgan fingerprint density at radius 2 is 1.80 bits per heavy atom. The lowest BCUT2D eigenvalue weighted by molar-refractivity contribution is 0.627. The number of rotatable bonds is 4. The van der Waals surface area contributed by atoms with Crippen LogP contribution in [0, 0.1) is 5.82 Å². The first-order valence-electron chi connectivity index (χ1n) is 7.73. The highest BCUT2D eigenvalue weighted by molar-refractivity contribution is 5.80. The van der Waals surface area contributed by atoms with Crippen molar-refractivity contribution in [1.29, 1.82) is 0 Å².